The van der Waals surface area contributed by atoms with E-state index in [4.69, 9.17) is 4.42 Å². The maximum absolute atomic E-state index is 9.37. The van der Waals surface area contributed by atoms with E-state index in [0.717, 1.165) is 15.1 Å². The van der Waals surface area contributed by atoms with Crippen molar-refractivity contribution in [1.82, 2.24) is 5.32 Å². The molecule has 2 N–H and O–H groups in total. The van der Waals surface area contributed by atoms with E-state index in [1.165, 1.54) is 0 Å². The van der Waals surface area contributed by atoms with Crippen LogP contribution in [0.15, 0.2) is 46.9 Å². The summed E-state index contributed by atoms with van der Waals surface area (Å²) in [4.78, 5) is 0. The van der Waals surface area contributed by atoms with Gasteiger partial charge in [0.05, 0.1) is 19.2 Å². The van der Waals surface area contributed by atoms with Crippen LogP contribution < -0.4 is 5.32 Å². The SMILES string of the molecule is OC[C@@H](NCc1ccc(I)o1)c1ccccc1. The van der Waals surface area contributed by atoms with E-state index in [0.29, 0.717) is 6.54 Å². The lowest BCUT2D eigenvalue weighted by atomic mass is 10.1. The van der Waals surface area contributed by atoms with Gasteiger partial charge in [0.15, 0.2) is 3.77 Å². The number of rotatable bonds is 5. The van der Waals surface area contributed by atoms with E-state index in [1.54, 1.807) is 0 Å². The minimum absolute atomic E-state index is 0.0565. The van der Waals surface area contributed by atoms with Crippen LogP contribution in [0.4, 0.5) is 0 Å². The van der Waals surface area contributed by atoms with Gasteiger partial charge in [-0.25, -0.2) is 0 Å². The monoisotopic (exact) mass is 343 g/mol. The van der Waals surface area contributed by atoms with Crippen LogP contribution in [-0.4, -0.2) is 11.7 Å². The summed E-state index contributed by atoms with van der Waals surface area (Å²) in [5.41, 5.74) is 1.08. The van der Waals surface area contributed by atoms with Crippen LogP contribution in [0.25, 0.3) is 0 Å². The molecule has 4 heteroatoms. The molecule has 0 aliphatic rings. The van der Waals surface area contributed by atoms with Crippen LogP contribution in [0.3, 0.4) is 0 Å². The molecule has 3 nitrogen and oxygen atoms in total. The van der Waals surface area contributed by atoms with Gasteiger partial charge in [0.2, 0.25) is 0 Å². The van der Waals surface area contributed by atoms with Crippen LogP contribution in [0.5, 0.6) is 0 Å². The van der Waals surface area contributed by atoms with Crippen LogP contribution in [0.1, 0.15) is 17.4 Å². The summed E-state index contributed by atoms with van der Waals surface area (Å²) >= 11 is 2.13. The van der Waals surface area contributed by atoms with Gasteiger partial charge >= 0.3 is 0 Å². The number of halogens is 1. The predicted molar refractivity (Wildman–Crippen MR) is 74.5 cm³/mol. The fourth-order valence-electron chi connectivity index (χ4n) is 1.64. The van der Waals surface area contributed by atoms with Gasteiger partial charge < -0.3 is 14.8 Å². The van der Waals surface area contributed by atoms with Crippen molar-refractivity contribution in [3.8, 4) is 0 Å². The summed E-state index contributed by atoms with van der Waals surface area (Å²) in [6, 6.07) is 13.7. The van der Waals surface area contributed by atoms with Crippen molar-refractivity contribution >= 4 is 22.6 Å². The molecule has 0 fully saturated rings. The average Bonchev–Trinajstić information content (AvgIpc) is 2.77. The van der Waals surface area contributed by atoms with Crippen molar-refractivity contribution in [3.63, 3.8) is 0 Å². The topological polar surface area (TPSA) is 45.4 Å². The van der Waals surface area contributed by atoms with E-state index in [1.807, 2.05) is 42.5 Å². The zero-order chi connectivity index (χ0) is 12.1. The van der Waals surface area contributed by atoms with Crippen molar-refractivity contribution in [3.05, 3.63) is 57.6 Å². The molecule has 0 spiro atoms. The molecule has 0 saturated carbocycles. The van der Waals surface area contributed by atoms with Gasteiger partial charge in [0.25, 0.3) is 0 Å². The summed E-state index contributed by atoms with van der Waals surface area (Å²) in [5.74, 6) is 0.879. The second kappa shape index (κ2) is 6.18. The minimum atomic E-state index is -0.0565. The van der Waals surface area contributed by atoms with Gasteiger partial charge in [0, 0.05) is 0 Å². The molecule has 0 amide bonds. The Morgan fingerprint density at radius 3 is 2.53 bits per heavy atom. The number of nitrogens with one attached hydrogen (secondary N) is 1. The predicted octanol–water partition coefficient (Wildman–Crippen LogP) is 2.71. The largest absolute Gasteiger partial charge is 0.454 e. The number of aliphatic hydroxyl groups is 1. The van der Waals surface area contributed by atoms with Gasteiger partial charge in [-0.15, -0.1) is 0 Å². The first-order valence-corrected chi connectivity index (χ1v) is 6.51. The van der Waals surface area contributed by atoms with Crippen LogP contribution >= 0.6 is 22.6 Å². The molecule has 1 heterocycles. The zero-order valence-electron chi connectivity index (χ0n) is 9.27. The normalized spacial score (nSPS) is 12.6. The maximum Gasteiger partial charge on any atom is 0.164 e. The van der Waals surface area contributed by atoms with Crippen LogP contribution in [0, 0.1) is 3.77 Å². The number of aliphatic hydroxyl groups excluding tert-OH is 1. The molecule has 0 aliphatic carbocycles. The van der Waals surface area contributed by atoms with Crippen molar-refractivity contribution in [2.45, 2.75) is 12.6 Å². The van der Waals surface area contributed by atoms with Gasteiger partial charge in [-0.1, -0.05) is 30.3 Å². The van der Waals surface area contributed by atoms with Crippen LogP contribution in [0.2, 0.25) is 0 Å². The number of hydrogen-bond donors (Lipinski definition) is 2. The zero-order valence-corrected chi connectivity index (χ0v) is 11.4. The number of furan rings is 1. The summed E-state index contributed by atoms with van der Waals surface area (Å²) in [6.07, 6.45) is 0. The first-order valence-electron chi connectivity index (χ1n) is 5.43. The highest BCUT2D eigenvalue weighted by atomic mass is 127. The minimum Gasteiger partial charge on any atom is -0.454 e. The molecule has 0 unspecified atom stereocenters. The van der Waals surface area contributed by atoms with Gasteiger partial charge in [-0.2, -0.15) is 0 Å². The number of hydrogen-bond acceptors (Lipinski definition) is 3. The highest BCUT2D eigenvalue weighted by Gasteiger charge is 2.09. The number of benzene rings is 1. The summed E-state index contributed by atoms with van der Waals surface area (Å²) in [5, 5.41) is 12.6. The van der Waals surface area contributed by atoms with Gasteiger partial charge in [0.1, 0.15) is 5.76 Å². The Labute approximate surface area is 114 Å². The Morgan fingerprint density at radius 2 is 1.94 bits per heavy atom. The van der Waals surface area contributed by atoms with E-state index in [9.17, 15) is 5.11 Å². The highest BCUT2D eigenvalue weighted by molar-refractivity contribution is 14.1. The van der Waals surface area contributed by atoms with Crippen molar-refractivity contribution in [2.24, 2.45) is 0 Å². The molecule has 1 aromatic heterocycles. The van der Waals surface area contributed by atoms with E-state index in [2.05, 4.69) is 27.9 Å². The van der Waals surface area contributed by atoms with Crippen LogP contribution in [-0.2, 0) is 6.54 Å². The van der Waals surface area contributed by atoms with E-state index < -0.39 is 0 Å². The quantitative estimate of drug-likeness (QED) is 0.821. The Kier molecular flexibility index (Phi) is 4.58. The summed E-state index contributed by atoms with van der Waals surface area (Å²) < 4.78 is 6.33. The Balaban J connectivity index is 1.97. The molecule has 90 valence electrons. The van der Waals surface area contributed by atoms with Crippen molar-refractivity contribution in [1.29, 1.82) is 0 Å². The third-order valence-electron chi connectivity index (χ3n) is 2.54. The molecule has 1 aromatic carbocycles. The second-order valence-electron chi connectivity index (χ2n) is 3.73. The smallest absolute Gasteiger partial charge is 0.164 e. The standard InChI is InChI=1S/C13H14INO2/c14-13-7-6-11(17-13)8-15-12(9-16)10-4-2-1-3-5-10/h1-7,12,15-16H,8-9H2/t12-/m1/s1. The molecular weight excluding hydrogens is 329 g/mol. The molecule has 2 aromatic rings. The highest BCUT2D eigenvalue weighted by Crippen LogP contribution is 2.14. The van der Waals surface area contributed by atoms with E-state index in [-0.39, 0.29) is 12.6 Å². The Hall–Kier alpha value is -0.850. The summed E-state index contributed by atoms with van der Waals surface area (Å²) in [6.45, 7) is 0.685. The molecule has 0 saturated heterocycles. The lowest BCUT2D eigenvalue weighted by Gasteiger charge is -2.15. The molecule has 17 heavy (non-hydrogen) atoms. The first-order chi connectivity index (χ1) is 8.29. The Bertz CT molecular complexity index is 455. The molecule has 0 radical (unpaired) electrons. The molecule has 0 bridgehead atoms. The lowest BCUT2D eigenvalue weighted by molar-refractivity contribution is 0.240. The molecule has 0 aliphatic heterocycles. The lowest BCUT2D eigenvalue weighted by Crippen LogP contribution is -2.23. The van der Waals surface area contributed by atoms with Crippen molar-refractivity contribution in [2.75, 3.05) is 6.61 Å². The maximum atomic E-state index is 9.37. The second-order valence-corrected chi connectivity index (χ2v) is 4.80. The van der Waals surface area contributed by atoms with Gasteiger partial charge in [-0.3, -0.25) is 0 Å². The summed E-state index contributed by atoms with van der Waals surface area (Å²) in [7, 11) is 0. The van der Waals surface area contributed by atoms with Gasteiger partial charge in [-0.05, 0) is 40.3 Å². The fraction of sp³-hybridized carbons (Fsp3) is 0.231. The third-order valence-corrected chi connectivity index (χ3v) is 3.12. The Morgan fingerprint density at radius 1 is 1.18 bits per heavy atom. The molecule has 2 rings (SSSR count). The fourth-order valence-corrected chi connectivity index (χ4v) is 2.11. The van der Waals surface area contributed by atoms with E-state index >= 15 is 0 Å². The van der Waals surface area contributed by atoms with Crippen molar-refractivity contribution < 1.29 is 9.52 Å². The third kappa shape index (κ3) is 3.55. The average molecular weight is 343 g/mol. The molecule has 1 atom stereocenters. The first kappa shape index (κ1) is 12.6. The molecular formula is C13H14INO2.